The first-order chi connectivity index (χ1) is 14.1. The molecule has 0 atom stereocenters. The standard InChI is InChI=1S/C23H33N5O/c1-28(2)21-19-10-6-7-11-20(19)26-23(27-21)25-18-14-12-17(13-15-18)24-22(29)16-8-4-3-5-9-16/h6-7,10-11,16-18H,3-5,8-9,12-15H2,1-2H3,(H,24,29)(H,25,26,27)/t17-,18+. The van der Waals surface area contributed by atoms with Crippen LogP contribution in [0.25, 0.3) is 10.9 Å². The van der Waals surface area contributed by atoms with Gasteiger partial charge in [-0.25, -0.2) is 4.98 Å². The van der Waals surface area contributed by atoms with Gasteiger partial charge in [0.05, 0.1) is 5.52 Å². The summed E-state index contributed by atoms with van der Waals surface area (Å²) in [7, 11) is 4.03. The fraction of sp³-hybridized carbons (Fsp3) is 0.609. The molecule has 156 valence electrons. The maximum Gasteiger partial charge on any atom is 0.225 e. The van der Waals surface area contributed by atoms with Crippen molar-refractivity contribution in [2.75, 3.05) is 24.3 Å². The van der Waals surface area contributed by atoms with Crippen molar-refractivity contribution in [3.05, 3.63) is 24.3 Å². The first-order valence-electron chi connectivity index (χ1n) is 11.1. The van der Waals surface area contributed by atoms with Gasteiger partial charge < -0.3 is 15.5 Å². The molecule has 2 fully saturated rings. The van der Waals surface area contributed by atoms with E-state index in [2.05, 4.69) is 16.7 Å². The third-order valence-electron chi connectivity index (χ3n) is 6.39. The molecule has 1 aromatic heterocycles. The second-order valence-electron chi connectivity index (χ2n) is 8.82. The van der Waals surface area contributed by atoms with Crippen molar-refractivity contribution in [1.82, 2.24) is 15.3 Å². The summed E-state index contributed by atoms with van der Waals surface area (Å²) in [6.45, 7) is 0. The smallest absolute Gasteiger partial charge is 0.225 e. The second-order valence-corrected chi connectivity index (χ2v) is 8.82. The van der Waals surface area contributed by atoms with Crippen molar-refractivity contribution in [1.29, 1.82) is 0 Å². The number of para-hydroxylation sites is 1. The Morgan fingerprint density at radius 1 is 0.931 bits per heavy atom. The van der Waals surface area contributed by atoms with Gasteiger partial charge >= 0.3 is 0 Å². The van der Waals surface area contributed by atoms with E-state index in [9.17, 15) is 4.79 Å². The van der Waals surface area contributed by atoms with Crippen molar-refractivity contribution in [2.24, 2.45) is 5.92 Å². The molecular formula is C23H33N5O. The van der Waals surface area contributed by atoms with E-state index in [1.54, 1.807) is 0 Å². The SMILES string of the molecule is CN(C)c1nc(N[C@H]2CC[C@@H](NC(=O)C3CCCCC3)CC2)nc2ccccc12. The van der Waals surface area contributed by atoms with Crippen LogP contribution in [0.3, 0.4) is 0 Å². The number of aromatic nitrogens is 2. The molecule has 6 heteroatoms. The molecule has 1 heterocycles. The van der Waals surface area contributed by atoms with Crippen LogP contribution >= 0.6 is 0 Å². The van der Waals surface area contributed by atoms with Crippen molar-refractivity contribution < 1.29 is 4.79 Å². The summed E-state index contributed by atoms with van der Waals surface area (Å²) in [5, 5.41) is 7.93. The van der Waals surface area contributed by atoms with Gasteiger partial charge in [0.25, 0.3) is 0 Å². The lowest BCUT2D eigenvalue weighted by Crippen LogP contribution is -2.43. The van der Waals surface area contributed by atoms with Crippen LogP contribution in [-0.2, 0) is 4.79 Å². The van der Waals surface area contributed by atoms with Crippen LogP contribution in [0.15, 0.2) is 24.3 Å². The molecule has 0 spiro atoms. The van der Waals surface area contributed by atoms with Crippen molar-refractivity contribution in [3.63, 3.8) is 0 Å². The highest BCUT2D eigenvalue weighted by atomic mass is 16.1. The third-order valence-corrected chi connectivity index (χ3v) is 6.39. The summed E-state index contributed by atoms with van der Waals surface area (Å²) in [6, 6.07) is 8.81. The summed E-state index contributed by atoms with van der Waals surface area (Å²) in [5.74, 6) is 2.17. The number of nitrogens with one attached hydrogen (secondary N) is 2. The summed E-state index contributed by atoms with van der Waals surface area (Å²) in [5.41, 5.74) is 0.960. The summed E-state index contributed by atoms with van der Waals surface area (Å²) in [4.78, 5) is 24.0. The van der Waals surface area contributed by atoms with Gasteiger partial charge in [0, 0.05) is 37.5 Å². The first-order valence-corrected chi connectivity index (χ1v) is 11.1. The molecule has 1 amide bonds. The monoisotopic (exact) mass is 395 g/mol. The quantitative estimate of drug-likeness (QED) is 0.797. The van der Waals surface area contributed by atoms with Crippen LogP contribution < -0.4 is 15.5 Å². The van der Waals surface area contributed by atoms with Crippen molar-refractivity contribution in [3.8, 4) is 0 Å². The number of rotatable bonds is 5. The molecule has 2 aliphatic rings. The van der Waals surface area contributed by atoms with E-state index in [1.807, 2.05) is 37.2 Å². The minimum Gasteiger partial charge on any atom is -0.362 e. The van der Waals surface area contributed by atoms with Crippen LogP contribution in [-0.4, -0.2) is 42.1 Å². The minimum atomic E-state index is 0.245. The Balaban J connectivity index is 1.34. The summed E-state index contributed by atoms with van der Waals surface area (Å²) in [6.07, 6.45) is 9.92. The number of carbonyl (C=O) groups excluding carboxylic acids is 1. The molecule has 0 bridgehead atoms. The van der Waals surface area contributed by atoms with Gasteiger partial charge in [0.15, 0.2) is 0 Å². The molecule has 6 nitrogen and oxygen atoms in total. The fourth-order valence-corrected chi connectivity index (χ4v) is 4.71. The molecule has 2 aromatic rings. The Morgan fingerprint density at radius 2 is 1.62 bits per heavy atom. The average Bonchev–Trinajstić information content (AvgIpc) is 2.75. The number of carbonyl (C=O) groups is 1. The average molecular weight is 396 g/mol. The Labute approximate surface area is 173 Å². The van der Waals surface area contributed by atoms with Crippen LogP contribution in [0.4, 0.5) is 11.8 Å². The predicted molar refractivity (Wildman–Crippen MR) is 118 cm³/mol. The number of benzene rings is 1. The zero-order valence-corrected chi connectivity index (χ0v) is 17.7. The normalized spacial score (nSPS) is 23.0. The second kappa shape index (κ2) is 8.97. The Hall–Kier alpha value is -2.37. The molecule has 0 aliphatic heterocycles. The van der Waals surface area contributed by atoms with E-state index in [0.717, 1.165) is 55.2 Å². The molecule has 1 aromatic carbocycles. The van der Waals surface area contributed by atoms with E-state index in [0.29, 0.717) is 18.0 Å². The molecule has 2 N–H and O–H groups in total. The first kappa shape index (κ1) is 19.9. The highest BCUT2D eigenvalue weighted by Crippen LogP contribution is 2.27. The van der Waals surface area contributed by atoms with Crippen molar-refractivity contribution in [2.45, 2.75) is 69.9 Å². The third kappa shape index (κ3) is 4.80. The zero-order chi connectivity index (χ0) is 20.2. The van der Waals surface area contributed by atoms with Crippen LogP contribution in [0.2, 0.25) is 0 Å². The van der Waals surface area contributed by atoms with Gasteiger partial charge in [-0.15, -0.1) is 0 Å². The minimum absolute atomic E-state index is 0.245. The lowest BCUT2D eigenvalue weighted by atomic mass is 9.87. The van der Waals surface area contributed by atoms with E-state index >= 15 is 0 Å². The van der Waals surface area contributed by atoms with Gasteiger partial charge in [0.1, 0.15) is 5.82 Å². The maximum absolute atomic E-state index is 12.5. The number of hydrogen-bond acceptors (Lipinski definition) is 5. The number of hydrogen-bond donors (Lipinski definition) is 2. The van der Waals surface area contributed by atoms with Gasteiger partial charge in [-0.05, 0) is 50.7 Å². The Kier molecular flexibility index (Phi) is 6.16. The van der Waals surface area contributed by atoms with Crippen molar-refractivity contribution >= 4 is 28.6 Å². The van der Waals surface area contributed by atoms with Crippen LogP contribution in [0.1, 0.15) is 57.8 Å². The van der Waals surface area contributed by atoms with Gasteiger partial charge in [-0.1, -0.05) is 31.4 Å². The summed E-state index contributed by atoms with van der Waals surface area (Å²) >= 11 is 0. The topological polar surface area (TPSA) is 70.2 Å². The fourth-order valence-electron chi connectivity index (χ4n) is 4.71. The van der Waals surface area contributed by atoms with Crippen LogP contribution in [0.5, 0.6) is 0 Å². The van der Waals surface area contributed by atoms with E-state index < -0.39 is 0 Å². The van der Waals surface area contributed by atoms with Gasteiger partial charge in [-0.3, -0.25) is 4.79 Å². The molecule has 29 heavy (non-hydrogen) atoms. The Bertz CT molecular complexity index is 838. The molecule has 2 aliphatic carbocycles. The molecule has 0 radical (unpaired) electrons. The molecule has 4 rings (SSSR count). The number of anilines is 2. The molecule has 2 saturated carbocycles. The molecule has 0 saturated heterocycles. The lowest BCUT2D eigenvalue weighted by molar-refractivity contribution is -0.126. The lowest BCUT2D eigenvalue weighted by Gasteiger charge is -2.31. The predicted octanol–water partition coefficient (Wildman–Crippen LogP) is 4.12. The van der Waals surface area contributed by atoms with E-state index in [4.69, 9.17) is 9.97 Å². The van der Waals surface area contributed by atoms with E-state index in [-0.39, 0.29) is 11.8 Å². The molecular weight excluding hydrogens is 362 g/mol. The van der Waals surface area contributed by atoms with Crippen LogP contribution in [0, 0.1) is 5.92 Å². The number of amides is 1. The summed E-state index contributed by atoms with van der Waals surface area (Å²) < 4.78 is 0. The largest absolute Gasteiger partial charge is 0.362 e. The zero-order valence-electron chi connectivity index (χ0n) is 17.7. The highest BCUT2D eigenvalue weighted by molar-refractivity contribution is 5.90. The molecule has 0 unspecified atom stereocenters. The Morgan fingerprint density at radius 3 is 2.34 bits per heavy atom. The maximum atomic E-state index is 12.5. The number of nitrogens with zero attached hydrogens (tertiary/aromatic N) is 3. The highest BCUT2D eigenvalue weighted by Gasteiger charge is 2.27. The van der Waals surface area contributed by atoms with Gasteiger partial charge in [-0.2, -0.15) is 4.98 Å². The van der Waals surface area contributed by atoms with E-state index in [1.165, 1.54) is 19.3 Å². The van der Waals surface area contributed by atoms with Gasteiger partial charge in [0.2, 0.25) is 11.9 Å². The number of fused-ring (bicyclic) bond motifs is 1.